The summed E-state index contributed by atoms with van der Waals surface area (Å²) in [5.41, 5.74) is -2.14. The third kappa shape index (κ3) is 2.89. The molecule has 0 bridgehead atoms. The van der Waals surface area contributed by atoms with Crippen molar-refractivity contribution in [2.24, 2.45) is 0 Å². The molecule has 2 aliphatic heterocycles. The normalized spacial score (nSPS) is 36.6. The lowest BCUT2D eigenvalue weighted by atomic mass is 9.93. The molecule has 0 aromatic carbocycles. The van der Waals surface area contributed by atoms with Crippen LogP contribution in [0.2, 0.25) is 0 Å². The second-order valence-corrected chi connectivity index (χ2v) is 6.48. The quantitative estimate of drug-likeness (QED) is 0.569. The number of aliphatic hydroxyl groups excluding tert-OH is 3. The molecule has 4 atom stereocenters. The maximum atomic E-state index is 12.0. The van der Waals surface area contributed by atoms with E-state index < -0.39 is 48.1 Å². The maximum Gasteiger partial charge on any atom is 0.417 e. The van der Waals surface area contributed by atoms with Gasteiger partial charge in [0, 0.05) is 0 Å². The summed E-state index contributed by atoms with van der Waals surface area (Å²) in [4.78, 5) is 24.8. The van der Waals surface area contributed by atoms with Crippen molar-refractivity contribution in [3.63, 3.8) is 0 Å². The Hall–Kier alpha value is -1.22. The summed E-state index contributed by atoms with van der Waals surface area (Å²) in [6, 6.07) is 0. The van der Waals surface area contributed by atoms with E-state index in [1.165, 1.54) is 0 Å². The second kappa shape index (κ2) is 5.20. The third-order valence-corrected chi connectivity index (χ3v) is 3.60. The monoisotopic (exact) mass is 303 g/mol. The second-order valence-electron chi connectivity index (χ2n) is 6.48. The number of likely N-dealkylation sites (tertiary alicyclic amines) is 1. The largest absolute Gasteiger partial charge is 0.443 e. The minimum atomic E-state index is -1.39. The van der Waals surface area contributed by atoms with Gasteiger partial charge in [-0.05, 0) is 20.8 Å². The predicted octanol–water partition coefficient (Wildman–Crippen LogP) is -0.994. The van der Waals surface area contributed by atoms with Crippen LogP contribution in [-0.4, -0.2) is 74.9 Å². The Kier molecular flexibility index (Phi) is 4.00. The molecule has 8 nitrogen and oxygen atoms in total. The molecule has 2 heterocycles. The SMILES string of the molecule is CC(C)(C)OC(=O)N1C[C@]2(CC1=O)O[C@H](CO)[C@@H](O)[C@@H]2O. The van der Waals surface area contributed by atoms with Crippen LogP contribution in [0.15, 0.2) is 0 Å². The van der Waals surface area contributed by atoms with Crippen molar-refractivity contribution in [2.45, 2.75) is 56.7 Å². The molecule has 2 aliphatic rings. The molecular weight excluding hydrogens is 282 g/mol. The molecule has 1 spiro atoms. The number of amides is 2. The standard InChI is InChI=1S/C13H21NO7/c1-12(2,3)21-11(19)14-6-13(4-8(14)16)10(18)9(17)7(5-15)20-13/h7,9-10,15,17-18H,4-6H2,1-3H3/t7-,9-,10+,13+/m1/s1. The molecule has 2 saturated heterocycles. The number of nitrogens with zero attached hydrogens (tertiary/aromatic N) is 1. The van der Waals surface area contributed by atoms with Crippen LogP contribution in [0, 0.1) is 0 Å². The van der Waals surface area contributed by atoms with Gasteiger partial charge in [-0.25, -0.2) is 9.69 Å². The lowest BCUT2D eigenvalue weighted by molar-refractivity contribution is -0.128. The van der Waals surface area contributed by atoms with Gasteiger partial charge >= 0.3 is 6.09 Å². The molecule has 0 saturated carbocycles. The first-order valence-corrected chi connectivity index (χ1v) is 6.78. The zero-order chi connectivity index (χ0) is 16.0. The molecule has 0 aliphatic carbocycles. The van der Waals surface area contributed by atoms with E-state index in [1.807, 2.05) is 0 Å². The Morgan fingerprint density at radius 2 is 2.10 bits per heavy atom. The van der Waals surface area contributed by atoms with Crippen LogP contribution >= 0.6 is 0 Å². The van der Waals surface area contributed by atoms with Gasteiger partial charge in [0.05, 0.1) is 19.6 Å². The van der Waals surface area contributed by atoms with Crippen molar-refractivity contribution >= 4 is 12.0 Å². The van der Waals surface area contributed by atoms with Crippen molar-refractivity contribution in [1.29, 1.82) is 0 Å². The number of hydrogen-bond donors (Lipinski definition) is 3. The third-order valence-electron chi connectivity index (χ3n) is 3.60. The molecule has 2 rings (SSSR count). The number of rotatable bonds is 1. The number of imide groups is 1. The summed E-state index contributed by atoms with van der Waals surface area (Å²) in [6.45, 7) is 4.32. The first kappa shape index (κ1) is 16.2. The van der Waals surface area contributed by atoms with Crippen molar-refractivity contribution in [3.8, 4) is 0 Å². The Bertz CT molecular complexity index is 446. The molecule has 0 radical (unpaired) electrons. The van der Waals surface area contributed by atoms with E-state index in [0.29, 0.717) is 0 Å². The predicted molar refractivity (Wildman–Crippen MR) is 69.3 cm³/mol. The van der Waals surface area contributed by atoms with Gasteiger partial charge in [0.15, 0.2) is 0 Å². The Morgan fingerprint density at radius 3 is 2.57 bits per heavy atom. The average molecular weight is 303 g/mol. The van der Waals surface area contributed by atoms with Gasteiger partial charge in [-0.15, -0.1) is 0 Å². The summed E-state index contributed by atoms with van der Waals surface area (Å²) >= 11 is 0. The van der Waals surface area contributed by atoms with Gasteiger partial charge in [0.25, 0.3) is 0 Å². The summed E-state index contributed by atoms with van der Waals surface area (Å²) in [7, 11) is 0. The number of carbonyl (C=O) groups is 2. The van der Waals surface area contributed by atoms with Crippen LogP contribution in [0.5, 0.6) is 0 Å². The molecule has 0 aromatic heterocycles. The van der Waals surface area contributed by atoms with Crippen LogP contribution in [0.25, 0.3) is 0 Å². The zero-order valence-electron chi connectivity index (χ0n) is 12.3. The highest BCUT2D eigenvalue weighted by atomic mass is 16.6. The van der Waals surface area contributed by atoms with E-state index in [9.17, 15) is 19.8 Å². The highest BCUT2D eigenvalue weighted by Crippen LogP contribution is 2.39. The fourth-order valence-electron chi connectivity index (χ4n) is 2.62. The van der Waals surface area contributed by atoms with Crippen molar-refractivity contribution < 1.29 is 34.4 Å². The van der Waals surface area contributed by atoms with E-state index >= 15 is 0 Å². The van der Waals surface area contributed by atoms with Crippen LogP contribution < -0.4 is 0 Å². The van der Waals surface area contributed by atoms with E-state index in [4.69, 9.17) is 14.6 Å². The van der Waals surface area contributed by atoms with Crippen LogP contribution in [0.4, 0.5) is 4.79 Å². The highest BCUT2D eigenvalue weighted by Gasteiger charge is 2.60. The number of aliphatic hydroxyl groups is 3. The molecule has 120 valence electrons. The maximum absolute atomic E-state index is 12.0. The first-order valence-electron chi connectivity index (χ1n) is 6.78. The molecule has 0 unspecified atom stereocenters. The highest BCUT2D eigenvalue weighted by molar-refractivity contribution is 5.95. The molecule has 8 heteroatoms. The lowest BCUT2D eigenvalue weighted by Gasteiger charge is -2.27. The van der Waals surface area contributed by atoms with Gasteiger partial charge in [-0.2, -0.15) is 0 Å². The lowest BCUT2D eigenvalue weighted by Crippen LogP contribution is -2.46. The fourth-order valence-corrected chi connectivity index (χ4v) is 2.62. The Morgan fingerprint density at radius 1 is 1.48 bits per heavy atom. The molecule has 3 N–H and O–H groups in total. The molecule has 21 heavy (non-hydrogen) atoms. The Labute approximate surface area is 122 Å². The number of carbonyl (C=O) groups excluding carboxylic acids is 2. The molecule has 2 fully saturated rings. The van der Waals surface area contributed by atoms with E-state index in [2.05, 4.69) is 0 Å². The fraction of sp³-hybridized carbons (Fsp3) is 0.846. The summed E-state index contributed by atoms with van der Waals surface area (Å²) in [5, 5.41) is 29.0. The minimum absolute atomic E-state index is 0.213. The van der Waals surface area contributed by atoms with Crippen molar-refractivity contribution in [2.75, 3.05) is 13.2 Å². The van der Waals surface area contributed by atoms with Crippen LogP contribution in [-0.2, 0) is 14.3 Å². The smallest absolute Gasteiger partial charge is 0.417 e. The molecule has 0 aromatic rings. The van der Waals surface area contributed by atoms with E-state index in [0.717, 1.165) is 4.90 Å². The van der Waals surface area contributed by atoms with Gasteiger partial charge in [-0.1, -0.05) is 0 Å². The Balaban J connectivity index is 2.14. The van der Waals surface area contributed by atoms with Gasteiger partial charge in [0.1, 0.15) is 29.5 Å². The zero-order valence-corrected chi connectivity index (χ0v) is 12.3. The van der Waals surface area contributed by atoms with Crippen molar-refractivity contribution in [1.82, 2.24) is 4.90 Å². The number of hydrogen-bond acceptors (Lipinski definition) is 7. The average Bonchev–Trinajstić information content (AvgIpc) is 2.80. The summed E-state index contributed by atoms with van der Waals surface area (Å²) < 4.78 is 10.6. The van der Waals surface area contributed by atoms with Crippen LogP contribution in [0.3, 0.4) is 0 Å². The summed E-state index contributed by atoms with van der Waals surface area (Å²) in [5.74, 6) is -0.547. The minimum Gasteiger partial charge on any atom is -0.443 e. The van der Waals surface area contributed by atoms with Crippen LogP contribution in [0.1, 0.15) is 27.2 Å². The van der Waals surface area contributed by atoms with Gasteiger partial charge in [0.2, 0.25) is 5.91 Å². The molecule has 2 amide bonds. The molecular formula is C13H21NO7. The topological polar surface area (TPSA) is 117 Å². The first-order chi connectivity index (χ1) is 9.59. The number of ether oxygens (including phenoxy) is 2. The van der Waals surface area contributed by atoms with Crippen molar-refractivity contribution in [3.05, 3.63) is 0 Å². The summed E-state index contributed by atoms with van der Waals surface area (Å²) in [6.07, 6.45) is -4.71. The van der Waals surface area contributed by atoms with E-state index in [1.54, 1.807) is 20.8 Å². The van der Waals surface area contributed by atoms with Gasteiger partial charge in [-0.3, -0.25) is 4.79 Å². The van der Waals surface area contributed by atoms with E-state index in [-0.39, 0.29) is 13.0 Å². The van der Waals surface area contributed by atoms with Gasteiger partial charge < -0.3 is 24.8 Å².